The first-order valence-electron chi connectivity index (χ1n) is 5.04. The molecule has 0 aromatic carbocycles. The van der Waals surface area contributed by atoms with Gasteiger partial charge >= 0.3 is 0 Å². The molecule has 73 valence electrons. The Morgan fingerprint density at radius 2 is 2.23 bits per heavy atom. The highest BCUT2D eigenvalue weighted by atomic mass is 15.2. The van der Waals surface area contributed by atoms with Crippen molar-refractivity contribution in [1.82, 2.24) is 9.97 Å². The zero-order valence-corrected chi connectivity index (χ0v) is 8.51. The lowest BCUT2D eigenvalue weighted by Crippen LogP contribution is -2.25. The van der Waals surface area contributed by atoms with Crippen LogP contribution in [-0.4, -0.2) is 23.1 Å². The molecule has 1 N–H and O–H groups in total. The molecular weight excluding hydrogens is 162 g/mol. The lowest BCUT2D eigenvalue weighted by Gasteiger charge is -2.20. The number of anilines is 1. The van der Waals surface area contributed by atoms with Crippen LogP contribution in [0.15, 0.2) is 6.20 Å². The van der Waals surface area contributed by atoms with Gasteiger partial charge in [-0.25, -0.2) is 4.98 Å². The third-order valence-electron chi connectivity index (χ3n) is 2.04. The number of imidazole rings is 1. The summed E-state index contributed by atoms with van der Waals surface area (Å²) < 4.78 is 0. The van der Waals surface area contributed by atoms with Gasteiger partial charge in [0.25, 0.3) is 0 Å². The van der Waals surface area contributed by atoms with Crippen molar-refractivity contribution in [1.29, 1.82) is 0 Å². The van der Waals surface area contributed by atoms with Crippen LogP contribution in [0.4, 0.5) is 5.82 Å². The van der Waals surface area contributed by atoms with E-state index in [9.17, 15) is 0 Å². The maximum atomic E-state index is 4.13. The summed E-state index contributed by atoms with van der Waals surface area (Å²) in [5, 5.41) is 0. The van der Waals surface area contributed by atoms with Crippen molar-refractivity contribution in [2.24, 2.45) is 0 Å². The summed E-state index contributed by atoms with van der Waals surface area (Å²) in [7, 11) is 0. The lowest BCUT2D eigenvalue weighted by atomic mass is 10.3. The Bertz CT molecular complexity index is 206. The molecule has 0 aliphatic rings. The van der Waals surface area contributed by atoms with Gasteiger partial charge in [-0.05, 0) is 12.8 Å². The molecule has 0 aliphatic heterocycles. The second-order valence-corrected chi connectivity index (χ2v) is 3.21. The van der Waals surface area contributed by atoms with Crippen LogP contribution in [-0.2, 0) is 0 Å². The molecule has 3 nitrogen and oxygen atoms in total. The van der Waals surface area contributed by atoms with E-state index in [1.165, 1.54) is 12.8 Å². The highest BCUT2D eigenvalue weighted by molar-refractivity contribution is 5.34. The maximum Gasteiger partial charge on any atom is 0.175 e. The fourth-order valence-electron chi connectivity index (χ4n) is 1.34. The van der Waals surface area contributed by atoms with Crippen LogP contribution in [0.25, 0.3) is 0 Å². The SMILES string of the molecule is CCCCN(CCC)c1c[nH][c]n1. The van der Waals surface area contributed by atoms with Gasteiger partial charge in [0.05, 0.1) is 0 Å². The fraction of sp³-hybridized carbons (Fsp3) is 0.700. The second-order valence-electron chi connectivity index (χ2n) is 3.21. The predicted octanol–water partition coefficient (Wildman–Crippen LogP) is 2.23. The zero-order valence-electron chi connectivity index (χ0n) is 8.51. The van der Waals surface area contributed by atoms with Gasteiger partial charge in [0.2, 0.25) is 0 Å². The summed E-state index contributed by atoms with van der Waals surface area (Å²) in [5.74, 6) is 1.02. The molecular formula is C10H18N3. The number of rotatable bonds is 6. The molecule has 0 aliphatic carbocycles. The first kappa shape index (κ1) is 10.1. The van der Waals surface area contributed by atoms with Crippen LogP contribution in [0.5, 0.6) is 0 Å². The van der Waals surface area contributed by atoms with Gasteiger partial charge in [0.15, 0.2) is 6.33 Å². The molecule has 1 radical (unpaired) electrons. The summed E-state index contributed by atoms with van der Waals surface area (Å²) in [6, 6.07) is 0. The smallest absolute Gasteiger partial charge is 0.175 e. The average molecular weight is 180 g/mol. The molecule has 0 saturated heterocycles. The molecule has 1 heterocycles. The van der Waals surface area contributed by atoms with Gasteiger partial charge < -0.3 is 9.88 Å². The first-order valence-corrected chi connectivity index (χ1v) is 5.04. The lowest BCUT2D eigenvalue weighted by molar-refractivity contribution is 0.698. The van der Waals surface area contributed by atoms with Crippen molar-refractivity contribution in [3.8, 4) is 0 Å². The Labute approximate surface area is 80.2 Å². The van der Waals surface area contributed by atoms with Gasteiger partial charge in [0, 0.05) is 19.3 Å². The molecule has 1 aromatic rings. The average Bonchev–Trinajstić information content (AvgIpc) is 2.65. The largest absolute Gasteiger partial charge is 0.355 e. The number of hydrogen-bond acceptors (Lipinski definition) is 2. The zero-order chi connectivity index (χ0) is 9.52. The number of aromatic amines is 1. The minimum absolute atomic E-state index is 1.02. The topological polar surface area (TPSA) is 31.9 Å². The van der Waals surface area contributed by atoms with Crippen molar-refractivity contribution in [3.05, 3.63) is 12.5 Å². The Hall–Kier alpha value is -0.990. The number of aromatic nitrogens is 2. The second kappa shape index (κ2) is 5.62. The summed E-state index contributed by atoms with van der Waals surface area (Å²) in [6.45, 7) is 6.58. The van der Waals surface area contributed by atoms with Gasteiger partial charge in [-0.1, -0.05) is 20.3 Å². The van der Waals surface area contributed by atoms with Crippen molar-refractivity contribution in [2.75, 3.05) is 18.0 Å². The van der Waals surface area contributed by atoms with Crippen LogP contribution >= 0.6 is 0 Å². The molecule has 1 rings (SSSR count). The van der Waals surface area contributed by atoms with Crippen molar-refractivity contribution < 1.29 is 0 Å². The molecule has 0 bridgehead atoms. The van der Waals surface area contributed by atoms with Crippen LogP contribution < -0.4 is 4.90 Å². The normalized spacial score (nSPS) is 10.3. The monoisotopic (exact) mass is 180 g/mol. The van der Waals surface area contributed by atoms with Crippen molar-refractivity contribution in [3.63, 3.8) is 0 Å². The third kappa shape index (κ3) is 3.09. The Morgan fingerprint density at radius 1 is 1.38 bits per heavy atom. The van der Waals surface area contributed by atoms with Crippen LogP contribution in [0.1, 0.15) is 33.1 Å². The van der Waals surface area contributed by atoms with Gasteiger partial charge in [-0.2, -0.15) is 0 Å². The highest BCUT2D eigenvalue weighted by Crippen LogP contribution is 2.09. The van der Waals surface area contributed by atoms with E-state index in [1.54, 1.807) is 0 Å². The van der Waals surface area contributed by atoms with Crippen LogP contribution in [0, 0.1) is 6.33 Å². The molecule has 1 aromatic heterocycles. The molecule has 3 heteroatoms. The predicted molar refractivity (Wildman–Crippen MR) is 54.8 cm³/mol. The Kier molecular flexibility index (Phi) is 4.36. The van der Waals surface area contributed by atoms with E-state index in [1.807, 2.05) is 6.20 Å². The van der Waals surface area contributed by atoms with E-state index in [0.29, 0.717) is 0 Å². The first-order chi connectivity index (χ1) is 6.38. The Balaban J connectivity index is 2.47. The molecule has 0 unspecified atom stereocenters. The molecule has 0 fully saturated rings. The van der Waals surface area contributed by atoms with Gasteiger partial charge in [-0.3, -0.25) is 0 Å². The van der Waals surface area contributed by atoms with Gasteiger partial charge in [-0.15, -0.1) is 0 Å². The molecule has 0 amide bonds. The summed E-state index contributed by atoms with van der Waals surface area (Å²) in [4.78, 5) is 9.30. The Morgan fingerprint density at radius 3 is 2.77 bits per heavy atom. The van der Waals surface area contributed by atoms with E-state index in [-0.39, 0.29) is 0 Å². The quantitative estimate of drug-likeness (QED) is 0.728. The van der Waals surface area contributed by atoms with Gasteiger partial charge in [0.1, 0.15) is 5.82 Å². The van der Waals surface area contributed by atoms with Crippen LogP contribution in [0.3, 0.4) is 0 Å². The molecule has 0 atom stereocenters. The number of nitrogens with one attached hydrogen (secondary N) is 1. The molecule has 0 saturated carbocycles. The number of nitrogens with zero attached hydrogens (tertiary/aromatic N) is 2. The maximum absolute atomic E-state index is 4.13. The van der Waals surface area contributed by atoms with E-state index in [0.717, 1.165) is 25.3 Å². The minimum Gasteiger partial charge on any atom is -0.355 e. The van der Waals surface area contributed by atoms with E-state index in [2.05, 4.69) is 35.0 Å². The van der Waals surface area contributed by atoms with Crippen LogP contribution in [0.2, 0.25) is 0 Å². The third-order valence-corrected chi connectivity index (χ3v) is 2.04. The standard InChI is InChI=1S/C10H18N3/c1-3-5-7-13(6-4-2)10-8-11-9-12-10/h8H,3-7H2,1-2H3,(H,11,12). The molecule has 13 heavy (non-hydrogen) atoms. The summed E-state index contributed by atoms with van der Waals surface area (Å²) in [5.41, 5.74) is 0. The molecule has 0 spiro atoms. The minimum atomic E-state index is 1.02. The van der Waals surface area contributed by atoms with Crippen molar-refractivity contribution in [2.45, 2.75) is 33.1 Å². The highest BCUT2D eigenvalue weighted by Gasteiger charge is 2.05. The van der Waals surface area contributed by atoms with E-state index in [4.69, 9.17) is 0 Å². The fourth-order valence-corrected chi connectivity index (χ4v) is 1.34. The number of H-pyrrole nitrogens is 1. The van der Waals surface area contributed by atoms with Crippen molar-refractivity contribution >= 4 is 5.82 Å². The number of unbranched alkanes of at least 4 members (excludes halogenated alkanes) is 1. The summed E-state index contributed by atoms with van der Waals surface area (Å²) >= 11 is 0. The number of hydrogen-bond donors (Lipinski definition) is 1. The summed E-state index contributed by atoms with van der Waals surface area (Å²) in [6.07, 6.45) is 8.26. The van der Waals surface area contributed by atoms with E-state index >= 15 is 0 Å². The van der Waals surface area contributed by atoms with E-state index < -0.39 is 0 Å².